The molecule has 0 bridgehead atoms. The maximum atomic E-state index is 15.3. The molecule has 0 radical (unpaired) electrons. The standard InChI is InChI=1S/C20H23ClFN7O2/c1-27(2)9-13(31-5)19-24-20(26-25-19)18-17(29-7-6-23-10-29)11-8-12(30-4)14(21)15(22)16(11)28(18)3/h6-8,10,13H,9H2,1-5H3,(H,24,25,26). The molecule has 1 atom stereocenters. The third-order valence-corrected chi connectivity index (χ3v) is 5.46. The van der Waals surface area contributed by atoms with E-state index >= 15 is 4.39 Å². The number of fused-ring (bicyclic) bond motifs is 1. The highest BCUT2D eigenvalue weighted by Crippen LogP contribution is 2.41. The van der Waals surface area contributed by atoms with Crippen LogP contribution in [0.4, 0.5) is 4.39 Å². The number of ether oxygens (including phenoxy) is 2. The summed E-state index contributed by atoms with van der Waals surface area (Å²) in [6, 6.07) is 1.71. The molecule has 1 aromatic carbocycles. The van der Waals surface area contributed by atoms with Crippen molar-refractivity contribution >= 4 is 22.5 Å². The topological polar surface area (TPSA) is 86.0 Å². The van der Waals surface area contributed by atoms with Gasteiger partial charge in [0.15, 0.2) is 17.5 Å². The third kappa shape index (κ3) is 3.56. The number of aromatic amines is 1. The summed E-state index contributed by atoms with van der Waals surface area (Å²) in [5, 5.41) is 7.85. The normalized spacial score (nSPS) is 12.8. The van der Waals surface area contributed by atoms with Crippen LogP contribution in [0, 0.1) is 5.82 Å². The minimum atomic E-state index is -0.576. The fraction of sp³-hybridized carbons (Fsp3) is 0.350. The molecule has 3 heterocycles. The molecule has 0 aliphatic carbocycles. The lowest BCUT2D eigenvalue weighted by atomic mass is 10.2. The minimum absolute atomic E-state index is 0.0805. The van der Waals surface area contributed by atoms with E-state index in [1.807, 2.05) is 19.0 Å². The number of nitrogens with zero attached hydrogens (tertiary/aromatic N) is 6. The summed E-state index contributed by atoms with van der Waals surface area (Å²) in [7, 11) is 8.70. The van der Waals surface area contributed by atoms with Crippen molar-refractivity contribution in [2.75, 3.05) is 34.9 Å². The number of nitrogens with one attached hydrogen (secondary N) is 1. The number of benzene rings is 1. The lowest BCUT2D eigenvalue weighted by Crippen LogP contribution is -2.22. The fourth-order valence-corrected chi connectivity index (χ4v) is 3.91. The van der Waals surface area contributed by atoms with E-state index in [0.717, 1.165) is 0 Å². The number of methoxy groups -OCH3 is 2. The largest absolute Gasteiger partial charge is 0.495 e. The SMILES string of the molecule is COc1cc2c(-n3ccnc3)c(-c3nc(C(CN(C)C)OC)n[nH]3)n(C)c2c(F)c1Cl. The Morgan fingerprint density at radius 1 is 1.32 bits per heavy atom. The quantitative estimate of drug-likeness (QED) is 0.468. The summed E-state index contributed by atoms with van der Waals surface area (Å²) in [4.78, 5) is 10.8. The van der Waals surface area contributed by atoms with E-state index in [4.69, 9.17) is 21.1 Å². The molecule has 1 unspecified atom stereocenters. The van der Waals surface area contributed by atoms with Gasteiger partial charge in [0.1, 0.15) is 22.6 Å². The molecular formula is C20H23ClFN7O2. The van der Waals surface area contributed by atoms with Gasteiger partial charge in [0.25, 0.3) is 0 Å². The predicted molar refractivity (Wildman–Crippen MR) is 115 cm³/mol. The maximum absolute atomic E-state index is 15.3. The van der Waals surface area contributed by atoms with Crippen molar-refractivity contribution in [3.05, 3.63) is 41.5 Å². The number of rotatable bonds is 7. The fourth-order valence-electron chi connectivity index (χ4n) is 3.69. The van der Waals surface area contributed by atoms with Gasteiger partial charge in [-0.15, -0.1) is 0 Å². The van der Waals surface area contributed by atoms with Crippen LogP contribution in [0.25, 0.3) is 28.1 Å². The molecule has 0 aliphatic rings. The first kappa shape index (κ1) is 21.3. The summed E-state index contributed by atoms with van der Waals surface area (Å²) in [6.07, 6.45) is 4.74. The number of likely N-dealkylation sites (N-methyl/N-ethyl adjacent to an activating group) is 1. The average molecular weight is 448 g/mol. The molecule has 4 rings (SSSR count). The molecule has 0 amide bonds. The molecule has 1 N–H and O–H groups in total. The second-order valence-electron chi connectivity index (χ2n) is 7.36. The average Bonchev–Trinajstić information content (AvgIpc) is 3.47. The lowest BCUT2D eigenvalue weighted by molar-refractivity contribution is 0.0719. The Labute approximate surface area is 183 Å². The van der Waals surface area contributed by atoms with Crippen molar-refractivity contribution in [3.8, 4) is 23.0 Å². The highest BCUT2D eigenvalue weighted by molar-refractivity contribution is 6.33. The van der Waals surface area contributed by atoms with Crippen LogP contribution >= 0.6 is 11.6 Å². The molecule has 31 heavy (non-hydrogen) atoms. The van der Waals surface area contributed by atoms with E-state index in [1.54, 1.807) is 48.1 Å². The van der Waals surface area contributed by atoms with Gasteiger partial charge >= 0.3 is 0 Å². The zero-order chi connectivity index (χ0) is 22.3. The van der Waals surface area contributed by atoms with Crippen molar-refractivity contribution in [2.24, 2.45) is 7.05 Å². The van der Waals surface area contributed by atoms with Gasteiger partial charge in [-0.25, -0.2) is 14.4 Å². The number of aromatic nitrogens is 6. The number of halogens is 2. The van der Waals surface area contributed by atoms with Gasteiger partial charge in [0.05, 0.1) is 24.6 Å². The Morgan fingerprint density at radius 3 is 2.71 bits per heavy atom. The second kappa shape index (κ2) is 8.29. The van der Waals surface area contributed by atoms with Crippen molar-refractivity contribution in [3.63, 3.8) is 0 Å². The van der Waals surface area contributed by atoms with Crippen LogP contribution in [-0.4, -0.2) is 69.1 Å². The van der Waals surface area contributed by atoms with Gasteiger partial charge in [0.2, 0.25) is 0 Å². The van der Waals surface area contributed by atoms with Crippen LogP contribution in [-0.2, 0) is 11.8 Å². The Balaban J connectivity index is 1.98. The lowest BCUT2D eigenvalue weighted by Gasteiger charge is -2.16. The first-order chi connectivity index (χ1) is 14.9. The molecule has 11 heteroatoms. The van der Waals surface area contributed by atoms with Crippen molar-refractivity contribution in [1.82, 2.24) is 34.2 Å². The molecular weight excluding hydrogens is 425 g/mol. The summed E-state index contributed by atoms with van der Waals surface area (Å²) < 4.78 is 29.6. The van der Waals surface area contributed by atoms with Gasteiger partial charge in [-0.05, 0) is 20.2 Å². The number of aryl methyl sites for hydroxylation is 1. The molecule has 3 aromatic heterocycles. The minimum Gasteiger partial charge on any atom is -0.495 e. The number of hydrogen-bond acceptors (Lipinski definition) is 6. The van der Waals surface area contributed by atoms with Crippen molar-refractivity contribution in [1.29, 1.82) is 0 Å². The van der Waals surface area contributed by atoms with Gasteiger partial charge in [-0.1, -0.05) is 11.6 Å². The maximum Gasteiger partial charge on any atom is 0.181 e. The van der Waals surface area contributed by atoms with Crippen molar-refractivity contribution < 1.29 is 13.9 Å². The van der Waals surface area contributed by atoms with Crippen LogP contribution in [0.1, 0.15) is 11.9 Å². The van der Waals surface area contributed by atoms with E-state index in [9.17, 15) is 0 Å². The highest BCUT2D eigenvalue weighted by Gasteiger charge is 2.27. The van der Waals surface area contributed by atoms with Crippen LogP contribution in [0.2, 0.25) is 5.02 Å². The Hall–Kier alpha value is -2.95. The van der Waals surface area contributed by atoms with E-state index in [0.29, 0.717) is 40.5 Å². The van der Waals surface area contributed by atoms with E-state index in [-0.39, 0.29) is 16.9 Å². The zero-order valence-electron chi connectivity index (χ0n) is 17.8. The molecule has 4 aromatic rings. The van der Waals surface area contributed by atoms with Gasteiger partial charge < -0.3 is 23.5 Å². The molecule has 0 spiro atoms. The summed E-state index contributed by atoms with van der Waals surface area (Å²) >= 11 is 6.20. The molecule has 0 fully saturated rings. The van der Waals surface area contributed by atoms with E-state index < -0.39 is 5.82 Å². The highest BCUT2D eigenvalue weighted by atomic mass is 35.5. The predicted octanol–water partition coefficient (Wildman–Crippen LogP) is 3.20. The number of imidazole rings is 1. The van der Waals surface area contributed by atoms with Crippen LogP contribution in [0.15, 0.2) is 24.8 Å². The molecule has 0 saturated carbocycles. The zero-order valence-corrected chi connectivity index (χ0v) is 18.6. The smallest absolute Gasteiger partial charge is 0.181 e. The number of H-pyrrole nitrogens is 1. The second-order valence-corrected chi connectivity index (χ2v) is 7.74. The summed E-state index contributed by atoms with van der Waals surface area (Å²) in [6.45, 7) is 0.610. The van der Waals surface area contributed by atoms with Gasteiger partial charge in [-0.3, -0.25) is 5.10 Å². The van der Waals surface area contributed by atoms with E-state index in [2.05, 4.69) is 20.2 Å². The van der Waals surface area contributed by atoms with Crippen molar-refractivity contribution in [2.45, 2.75) is 6.10 Å². The van der Waals surface area contributed by atoms with Gasteiger partial charge in [-0.2, -0.15) is 5.10 Å². The molecule has 0 aliphatic heterocycles. The monoisotopic (exact) mass is 447 g/mol. The Morgan fingerprint density at radius 2 is 2.10 bits per heavy atom. The first-order valence-corrected chi connectivity index (χ1v) is 9.88. The first-order valence-electron chi connectivity index (χ1n) is 9.50. The van der Waals surface area contributed by atoms with Gasteiger partial charge in [0, 0.05) is 38.5 Å². The van der Waals surface area contributed by atoms with Crippen LogP contribution in [0.3, 0.4) is 0 Å². The third-order valence-electron chi connectivity index (χ3n) is 5.11. The summed E-state index contributed by atoms with van der Waals surface area (Å²) in [5.74, 6) is 0.638. The van der Waals surface area contributed by atoms with E-state index in [1.165, 1.54) is 7.11 Å². The Bertz CT molecular complexity index is 1220. The summed E-state index contributed by atoms with van der Waals surface area (Å²) in [5.41, 5.74) is 1.61. The van der Waals surface area contributed by atoms with Crippen LogP contribution in [0.5, 0.6) is 5.75 Å². The van der Waals surface area contributed by atoms with Crippen LogP contribution < -0.4 is 4.74 Å². The molecule has 9 nitrogen and oxygen atoms in total. The Kier molecular flexibility index (Phi) is 5.69. The molecule has 164 valence electrons. The molecule has 0 saturated heterocycles. The number of hydrogen-bond donors (Lipinski definition) is 1.